The summed E-state index contributed by atoms with van der Waals surface area (Å²) in [6, 6.07) is 9.33. The number of hydrogen-bond donors (Lipinski definition) is 0. The Balaban J connectivity index is 1.49. The second-order valence-electron chi connectivity index (χ2n) is 7.93. The molecule has 0 saturated carbocycles. The summed E-state index contributed by atoms with van der Waals surface area (Å²) >= 11 is 0. The molecule has 2 aromatic carbocycles. The monoisotopic (exact) mass is 427 g/mol. The third kappa shape index (κ3) is 4.19. The Labute approximate surface area is 182 Å². The molecule has 1 aliphatic rings. The summed E-state index contributed by atoms with van der Waals surface area (Å²) < 4.78 is 32.4. The van der Waals surface area contributed by atoms with Crippen LogP contribution >= 0.6 is 0 Å². The summed E-state index contributed by atoms with van der Waals surface area (Å²) in [7, 11) is 4.89. The van der Waals surface area contributed by atoms with Crippen molar-refractivity contribution in [2.75, 3.05) is 34.4 Å². The van der Waals surface area contributed by atoms with E-state index in [1.165, 1.54) is 12.1 Å². The fourth-order valence-corrected chi connectivity index (χ4v) is 4.60. The SMILES string of the molecule is CCc1nc2cc(F)ccc2n1C1CCN(Cc2cc(OC)c(OC)c(OC)c2)CC1. The predicted molar refractivity (Wildman–Crippen MR) is 119 cm³/mol. The second-order valence-corrected chi connectivity index (χ2v) is 7.93. The van der Waals surface area contributed by atoms with Crippen molar-refractivity contribution in [3.63, 3.8) is 0 Å². The van der Waals surface area contributed by atoms with Crippen molar-refractivity contribution in [2.24, 2.45) is 0 Å². The predicted octanol–water partition coefficient (Wildman–Crippen LogP) is 4.60. The highest BCUT2D eigenvalue weighted by molar-refractivity contribution is 5.76. The topological polar surface area (TPSA) is 48.8 Å². The number of methoxy groups -OCH3 is 3. The quantitative estimate of drug-likeness (QED) is 0.552. The third-order valence-corrected chi connectivity index (χ3v) is 6.09. The molecule has 1 saturated heterocycles. The van der Waals surface area contributed by atoms with Gasteiger partial charge in [-0.15, -0.1) is 0 Å². The van der Waals surface area contributed by atoms with E-state index in [9.17, 15) is 4.39 Å². The van der Waals surface area contributed by atoms with E-state index in [0.717, 1.165) is 61.3 Å². The molecule has 0 radical (unpaired) electrons. The number of likely N-dealkylation sites (tertiary alicyclic amines) is 1. The minimum atomic E-state index is -0.236. The molecule has 1 aromatic heterocycles. The Kier molecular flexibility index (Phi) is 6.32. The normalized spacial score (nSPS) is 15.4. The number of imidazole rings is 1. The van der Waals surface area contributed by atoms with Crippen LogP contribution in [0.2, 0.25) is 0 Å². The molecule has 6 nitrogen and oxygen atoms in total. The van der Waals surface area contributed by atoms with Gasteiger partial charge in [-0.2, -0.15) is 0 Å². The molecule has 4 rings (SSSR count). The zero-order valence-corrected chi connectivity index (χ0v) is 18.7. The van der Waals surface area contributed by atoms with Crippen LogP contribution in [0.1, 0.15) is 37.2 Å². The molecule has 0 spiro atoms. The van der Waals surface area contributed by atoms with Crippen molar-refractivity contribution >= 4 is 11.0 Å². The molecule has 166 valence electrons. The molecule has 0 bridgehead atoms. The highest BCUT2D eigenvalue weighted by Crippen LogP contribution is 2.39. The van der Waals surface area contributed by atoms with E-state index >= 15 is 0 Å². The van der Waals surface area contributed by atoms with E-state index in [1.807, 2.05) is 18.2 Å². The van der Waals surface area contributed by atoms with Gasteiger partial charge < -0.3 is 18.8 Å². The number of fused-ring (bicyclic) bond motifs is 1. The number of hydrogen-bond acceptors (Lipinski definition) is 5. The molecule has 3 aromatic rings. The van der Waals surface area contributed by atoms with Gasteiger partial charge in [0, 0.05) is 38.2 Å². The van der Waals surface area contributed by atoms with Gasteiger partial charge in [0.05, 0.1) is 32.4 Å². The molecule has 0 unspecified atom stereocenters. The molecule has 1 fully saturated rings. The molecule has 31 heavy (non-hydrogen) atoms. The van der Waals surface area contributed by atoms with E-state index in [4.69, 9.17) is 14.2 Å². The van der Waals surface area contributed by atoms with Gasteiger partial charge >= 0.3 is 0 Å². The fraction of sp³-hybridized carbons (Fsp3) is 0.458. The largest absolute Gasteiger partial charge is 0.493 e. The van der Waals surface area contributed by atoms with Gasteiger partial charge in [-0.05, 0) is 42.7 Å². The lowest BCUT2D eigenvalue weighted by atomic mass is 10.0. The molecular formula is C24H30FN3O3. The first-order chi connectivity index (χ1) is 15.1. The lowest BCUT2D eigenvalue weighted by Gasteiger charge is -2.33. The van der Waals surface area contributed by atoms with Crippen LogP contribution in [-0.4, -0.2) is 48.9 Å². The number of benzene rings is 2. The highest BCUT2D eigenvalue weighted by atomic mass is 19.1. The number of ether oxygens (including phenoxy) is 3. The van der Waals surface area contributed by atoms with Crippen LogP contribution in [-0.2, 0) is 13.0 Å². The molecule has 0 amide bonds. The van der Waals surface area contributed by atoms with Gasteiger partial charge in [0.2, 0.25) is 5.75 Å². The molecule has 1 aliphatic heterocycles. The van der Waals surface area contributed by atoms with E-state index in [0.29, 0.717) is 23.3 Å². The number of rotatable bonds is 7. The van der Waals surface area contributed by atoms with Crippen molar-refractivity contribution in [1.82, 2.24) is 14.5 Å². The van der Waals surface area contributed by atoms with Gasteiger partial charge in [0.1, 0.15) is 11.6 Å². The van der Waals surface area contributed by atoms with Crippen molar-refractivity contribution in [3.05, 3.63) is 47.5 Å². The van der Waals surface area contributed by atoms with Gasteiger partial charge in [-0.25, -0.2) is 9.37 Å². The maximum absolute atomic E-state index is 13.7. The Morgan fingerprint density at radius 2 is 1.68 bits per heavy atom. The van der Waals surface area contributed by atoms with E-state index in [-0.39, 0.29) is 5.82 Å². The summed E-state index contributed by atoms with van der Waals surface area (Å²) in [5.74, 6) is 2.76. The van der Waals surface area contributed by atoms with Crippen LogP contribution in [0.15, 0.2) is 30.3 Å². The van der Waals surface area contributed by atoms with E-state index < -0.39 is 0 Å². The molecule has 0 aliphatic carbocycles. The first kappa shape index (κ1) is 21.4. The van der Waals surface area contributed by atoms with Crippen molar-refractivity contribution in [1.29, 1.82) is 0 Å². The molecule has 7 heteroatoms. The third-order valence-electron chi connectivity index (χ3n) is 6.09. The molecular weight excluding hydrogens is 397 g/mol. The Morgan fingerprint density at radius 3 is 2.26 bits per heavy atom. The number of aryl methyl sites for hydroxylation is 1. The number of nitrogens with zero attached hydrogens (tertiary/aromatic N) is 3. The highest BCUT2D eigenvalue weighted by Gasteiger charge is 2.25. The van der Waals surface area contributed by atoms with Crippen LogP contribution in [0.5, 0.6) is 17.2 Å². The van der Waals surface area contributed by atoms with Crippen LogP contribution in [0.25, 0.3) is 11.0 Å². The average Bonchev–Trinajstić information content (AvgIpc) is 3.16. The van der Waals surface area contributed by atoms with Gasteiger partial charge in [-0.1, -0.05) is 6.92 Å². The maximum atomic E-state index is 13.7. The Hall–Kier alpha value is -2.80. The Morgan fingerprint density at radius 1 is 1.00 bits per heavy atom. The fourth-order valence-electron chi connectivity index (χ4n) is 4.60. The summed E-state index contributed by atoms with van der Waals surface area (Å²) in [6.07, 6.45) is 2.89. The van der Waals surface area contributed by atoms with Gasteiger partial charge in [0.15, 0.2) is 11.5 Å². The maximum Gasteiger partial charge on any atom is 0.203 e. The Bertz CT molecular complexity index is 1030. The molecule has 0 N–H and O–H groups in total. The average molecular weight is 428 g/mol. The zero-order valence-electron chi connectivity index (χ0n) is 18.7. The standard InChI is InChI=1S/C24H30FN3O3/c1-5-23-26-19-14-17(25)6-7-20(19)28(23)18-8-10-27(11-9-18)15-16-12-21(29-2)24(31-4)22(13-16)30-3/h6-7,12-14,18H,5,8-11,15H2,1-4H3. The summed E-state index contributed by atoms with van der Waals surface area (Å²) in [5, 5.41) is 0. The first-order valence-electron chi connectivity index (χ1n) is 10.8. The van der Waals surface area contributed by atoms with Crippen LogP contribution in [0.4, 0.5) is 4.39 Å². The summed E-state index contributed by atoms with van der Waals surface area (Å²) in [4.78, 5) is 7.12. The van der Waals surface area contributed by atoms with Crippen LogP contribution in [0, 0.1) is 5.82 Å². The van der Waals surface area contributed by atoms with Crippen molar-refractivity contribution in [2.45, 2.75) is 38.8 Å². The zero-order chi connectivity index (χ0) is 22.0. The smallest absolute Gasteiger partial charge is 0.203 e. The molecule has 0 atom stereocenters. The van der Waals surface area contributed by atoms with Gasteiger partial charge in [0.25, 0.3) is 0 Å². The van der Waals surface area contributed by atoms with Crippen molar-refractivity contribution in [3.8, 4) is 17.2 Å². The number of piperidine rings is 1. The number of aromatic nitrogens is 2. The van der Waals surface area contributed by atoms with Crippen LogP contribution < -0.4 is 14.2 Å². The minimum absolute atomic E-state index is 0.236. The lowest BCUT2D eigenvalue weighted by Crippen LogP contribution is -2.34. The van der Waals surface area contributed by atoms with Crippen LogP contribution in [0.3, 0.4) is 0 Å². The molecule has 2 heterocycles. The van der Waals surface area contributed by atoms with E-state index in [1.54, 1.807) is 21.3 Å². The lowest BCUT2D eigenvalue weighted by molar-refractivity contribution is 0.179. The summed E-state index contributed by atoms with van der Waals surface area (Å²) in [6.45, 7) is 4.88. The summed E-state index contributed by atoms with van der Waals surface area (Å²) in [5.41, 5.74) is 2.91. The van der Waals surface area contributed by atoms with Gasteiger partial charge in [-0.3, -0.25) is 4.90 Å². The second kappa shape index (κ2) is 9.14. The minimum Gasteiger partial charge on any atom is -0.493 e. The number of halogens is 1. The first-order valence-corrected chi connectivity index (χ1v) is 10.8. The van der Waals surface area contributed by atoms with E-state index in [2.05, 4.69) is 21.4 Å². The van der Waals surface area contributed by atoms with Crippen molar-refractivity contribution < 1.29 is 18.6 Å².